The highest BCUT2D eigenvalue weighted by Crippen LogP contribution is 2.35. The largest absolute Gasteiger partial charge is 0.282 e. The summed E-state index contributed by atoms with van der Waals surface area (Å²) in [5.74, 6) is -0.206. The molecule has 0 N–H and O–H groups in total. The molecule has 4 heteroatoms. The number of hydrogen-bond donors (Lipinski definition) is 0. The zero-order valence-electron chi connectivity index (χ0n) is 14.6. The molecule has 4 nitrogen and oxygen atoms in total. The summed E-state index contributed by atoms with van der Waals surface area (Å²) in [6.45, 7) is 4.19. The number of nitrogens with zero attached hydrogens (tertiary/aromatic N) is 2. The number of hydrogen-bond acceptors (Lipinski definition) is 3. The molecule has 0 bridgehead atoms. The molecule has 3 aliphatic rings. The molecule has 1 fully saturated rings. The van der Waals surface area contributed by atoms with Crippen LogP contribution in [0.25, 0.3) is 5.57 Å². The average Bonchev–Trinajstić information content (AvgIpc) is 2.88. The van der Waals surface area contributed by atoms with E-state index in [1.165, 1.54) is 21.6 Å². The van der Waals surface area contributed by atoms with Crippen molar-refractivity contribution in [3.8, 4) is 0 Å². The highest BCUT2D eigenvalue weighted by Gasteiger charge is 2.47. The predicted octanol–water partition coefficient (Wildman–Crippen LogP) is 2.99. The summed E-state index contributed by atoms with van der Waals surface area (Å²) < 4.78 is 0. The quantitative estimate of drug-likeness (QED) is 0.629. The van der Waals surface area contributed by atoms with Crippen LogP contribution in [0.5, 0.6) is 0 Å². The maximum atomic E-state index is 12.6. The van der Waals surface area contributed by atoms with E-state index in [-0.39, 0.29) is 23.7 Å². The second-order valence-electron chi connectivity index (χ2n) is 7.32. The molecule has 1 aliphatic carbocycles. The van der Waals surface area contributed by atoms with Crippen LogP contribution in [0.4, 0.5) is 0 Å². The van der Waals surface area contributed by atoms with Gasteiger partial charge in [0.1, 0.15) is 0 Å². The van der Waals surface area contributed by atoms with Crippen LogP contribution in [-0.2, 0) is 9.59 Å². The fraction of sp³-hybridized carbons (Fsp3) is 0.429. The SMILES string of the molecule is Cc1ccc(C2=CCN(CN3C(=O)[C@@H]4CC=CC[C@H]4C3=O)CC2)cc1. The Balaban J connectivity index is 1.41. The first kappa shape index (κ1) is 16.3. The Morgan fingerprint density at radius 3 is 2.20 bits per heavy atom. The van der Waals surface area contributed by atoms with Crippen LogP contribution in [0.15, 0.2) is 42.5 Å². The van der Waals surface area contributed by atoms with Gasteiger partial charge in [-0.2, -0.15) is 0 Å². The summed E-state index contributed by atoms with van der Waals surface area (Å²) in [6.07, 6.45) is 8.68. The van der Waals surface area contributed by atoms with Crippen molar-refractivity contribution in [2.75, 3.05) is 19.8 Å². The Kier molecular flexibility index (Phi) is 4.30. The van der Waals surface area contributed by atoms with Gasteiger partial charge in [-0.1, -0.05) is 48.1 Å². The highest BCUT2D eigenvalue weighted by molar-refractivity contribution is 6.05. The van der Waals surface area contributed by atoms with E-state index in [0.717, 1.165) is 19.5 Å². The van der Waals surface area contributed by atoms with Crippen molar-refractivity contribution < 1.29 is 9.59 Å². The van der Waals surface area contributed by atoms with E-state index < -0.39 is 0 Å². The van der Waals surface area contributed by atoms with Crippen molar-refractivity contribution in [3.05, 3.63) is 53.6 Å². The van der Waals surface area contributed by atoms with Crippen molar-refractivity contribution >= 4 is 17.4 Å². The van der Waals surface area contributed by atoms with Crippen LogP contribution in [-0.4, -0.2) is 41.4 Å². The van der Waals surface area contributed by atoms with Gasteiger partial charge in [0, 0.05) is 13.1 Å². The van der Waals surface area contributed by atoms with Crippen LogP contribution in [0.3, 0.4) is 0 Å². The van der Waals surface area contributed by atoms with Gasteiger partial charge in [-0.25, -0.2) is 0 Å². The van der Waals surface area contributed by atoms with Gasteiger partial charge in [0.15, 0.2) is 0 Å². The van der Waals surface area contributed by atoms with Gasteiger partial charge < -0.3 is 0 Å². The minimum Gasteiger partial charge on any atom is -0.282 e. The lowest BCUT2D eigenvalue weighted by atomic mass is 9.85. The third-order valence-electron chi connectivity index (χ3n) is 5.66. The Labute approximate surface area is 148 Å². The third kappa shape index (κ3) is 3.07. The second-order valence-corrected chi connectivity index (χ2v) is 7.32. The van der Waals surface area contributed by atoms with Crippen molar-refractivity contribution in [1.29, 1.82) is 0 Å². The van der Waals surface area contributed by atoms with E-state index in [0.29, 0.717) is 19.5 Å². The van der Waals surface area contributed by atoms with Gasteiger partial charge in [0.05, 0.1) is 18.5 Å². The number of imide groups is 1. The molecule has 2 aliphatic heterocycles. The molecule has 25 heavy (non-hydrogen) atoms. The van der Waals surface area contributed by atoms with Crippen molar-refractivity contribution in [2.24, 2.45) is 11.8 Å². The van der Waals surface area contributed by atoms with Gasteiger partial charge in [-0.05, 0) is 37.3 Å². The number of likely N-dealkylation sites (tertiary alicyclic amines) is 1. The molecule has 4 rings (SSSR count). The first-order chi connectivity index (χ1) is 12.1. The molecule has 1 saturated heterocycles. The molecular weight excluding hydrogens is 312 g/mol. The van der Waals surface area contributed by atoms with Gasteiger partial charge in [0.2, 0.25) is 11.8 Å². The summed E-state index contributed by atoms with van der Waals surface area (Å²) in [6, 6.07) is 8.61. The highest BCUT2D eigenvalue weighted by atomic mass is 16.2. The molecule has 1 aromatic rings. The summed E-state index contributed by atoms with van der Waals surface area (Å²) in [4.78, 5) is 28.8. The molecule has 130 valence electrons. The lowest BCUT2D eigenvalue weighted by Crippen LogP contribution is -2.43. The van der Waals surface area contributed by atoms with Crippen molar-refractivity contribution in [3.63, 3.8) is 0 Å². The smallest absolute Gasteiger partial charge is 0.234 e. The van der Waals surface area contributed by atoms with Crippen LogP contribution in [0, 0.1) is 18.8 Å². The third-order valence-corrected chi connectivity index (χ3v) is 5.66. The Hall–Kier alpha value is -2.20. The minimum atomic E-state index is -0.124. The number of carbonyl (C=O) groups excluding carboxylic acids is 2. The van der Waals surface area contributed by atoms with Crippen molar-refractivity contribution in [1.82, 2.24) is 9.80 Å². The molecule has 2 heterocycles. The standard InChI is InChI=1S/C21H24N2O2/c1-15-6-8-16(9-7-15)17-10-12-22(13-11-17)14-23-20(24)18-4-2-3-5-19(18)21(23)25/h2-3,6-10,18-19H,4-5,11-14H2,1H3/t18-,19-/m1/s1. The number of carbonyl (C=O) groups is 2. The summed E-state index contributed by atoms with van der Waals surface area (Å²) >= 11 is 0. The van der Waals surface area contributed by atoms with Gasteiger partial charge >= 0.3 is 0 Å². The lowest BCUT2D eigenvalue weighted by Gasteiger charge is -2.29. The molecule has 0 saturated carbocycles. The van der Waals surface area contributed by atoms with Crippen LogP contribution in [0.2, 0.25) is 0 Å². The zero-order valence-corrected chi connectivity index (χ0v) is 14.6. The average molecular weight is 336 g/mol. The molecule has 0 spiro atoms. The summed E-state index contributed by atoms with van der Waals surface area (Å²) in [5, 5.41) is 0. The van der Waals surface area contributed by atoms with E-state index in [1.54, 1.807) is 0 Å². The topological polar surface area (TPSA) is 40.6 Å². The molecule has 0 aromatic heterocycles. The maximum Gasteiger partial charge on any atom is 0.234 e. The van der Waals surface area contributed by atoms with Crippen LogP contribution >= 0.6 is 0 Å². The first-order valence-corrected chi connectivity index (χ1v) is 9.12. The fourth-order valence-corrected chi connectivity index (χ4v) is 4.08. The van der Waals surface area contributed by atoms with Crippen LogP contribution < -0.4 is 0 Å². The van der Waals surface area contributed by atoms with Gasteiger partial charge in [0.25, 0.3) is 0 Å². The number of aryl methyl sites for hydroxylation is 1. The minimum absolute atomic E-state index is 0.0210. The van der Waals surface area contributed by atoms with E-state index in [2.05, 4.69) is 42.2 Å². The fourth-order valence-electron chi connectivity index (χ4n) is 4.08. The normalized spacial score (nSPS) is 26.8. The zero-order chi connectivity index (χ0) is 17.4. The number of benzene rings is 1. The van der Waals surface area contributed by atoms with Crippen molar-refractivity contribution in [2.45, 2.75) is 26.2 Å². The number of allylic oxidation sites excluding steroid dienone is 2. The molecule has 1 aromatic carbocycles. The number of rotatable bonds is 3. The maximum absolute atomic E-state index is 12.6. The Morgan fingerprint density at radius 1 is 1.00 bits per heavy atom. The van der Waals surface area contributed by atoms with E-state index in [9.17, 15) is 9.59 Å². The Morgan fingerprint density at radius 2 is 1.64 bits per heavy atom. The summed E-state index contributed by atoms with van der Waals surface area (Å²) in [5.41, 5.74) is 3.90. The van der Waals surface area contributed by atoms with E-state index >= 15 is 0 Å². The molecule has 2 atom stereocenters. The van der Waals surface area contributed by atoms with Gasteiger partial charge in [-0.3, -0.25) is 19.4 Å². The number of amides is 2. The molecular formula is C21H24N2O2. The van der Waals surface area contributed by atoms with E-state index in [1.807, 2.05) is 12.2 Å². The van der Waals surface area contributed by atoms with E-state index in [4.69, 9.17) is 0 Å². The molecule has 2 amide bonds. The predicted molar refractivity (Wildman–Crippen MR) is 97.4 cm³/mol. The Bertz CT molecular complexity index is 722. The second kappa shape index (κ2) is 6.60. The molecule has 0 unspecified atom stereocenters. The monoisotopic (exact) mass is 336 g/mol. The first-order valence-electron chi connectivity index (χ1n) is 9.12. The van der Waals surface area contributed by atoms with Gasteiger partial charge in [-0.15, -0.1) is 0 Å². The lowest BCUT2D eigenvalue weighted by molar-refractivity contribution is -0.142. The molecule has 0 radical (unpaired) electrons. The van der Waals surface area contributed by atoms with Crippen LogP contribution in [0.1, 0.15) is 30.4 Å². The summed E-state index contributed by atoms with van der Waals surface area (Å²) in [7, 11) is 0. The number of fused-ring (bicyclic) bond motifs is 1.